The van der Waals surface area contributed by atoms with Crippen LogP contribution in [0.15, 0.2) is 121 Å². The third-order valence-electron chi connectivity index (χ3n) is 7.23. The monoisotopic (exact) mass is 739 g/mol. The summed E-state index contributed by atoms with van der Waals surface area (Å²) in [5.41, 5.74) is 0.437. The Labute approximate surface area is 301 Å². The second-order valence-electron chi connectivity index (χ2n) is 10.7. The highest BCUT2D eigenvalue weighted by atomic mass is 35.6. The van der Waals surface area contributed by atoms with E-state index in [-0.39, 0.29) is 22.3 Å². The first kappa shape index (κ1) is 36.3. The van der Waals surface area contributed by atoms with Gasteiger partial charge in [0.25, 0.3) is 3.79 Å². The van der Waals surface area contributed by atoms with Crippen molar-refractivity contribution in [1.82, 2.24) is 0 Å². The summed E-state index contributed by atoms with van der Waals surface area (Å²) in [5.74, 6) is -4.39. The summed E-state index contributed by atoms with van der Waals surface area (Å²) in [6, 6.07) is 31.4. The van der Waals surface area contributed by atoms with Gasteiger partial charge in [0.1, 0.15) is 12.7 Å². The molecule has 1 saturated heterocycles. The van der Waals surface area contributed by atoms with E-state index in [9.17, 15) is 19.2 Å². The van der Waals surface area contributed by atoms with Crippen LogP contribution in [0.4, 0.5) is 0 Å². The van der Waals surface area contributed by atoms with Crippen LogP contribution >= 0.6 is 34.8 Å². The summed E-state index contributed by atoms with van der Waals surface area (Å²) >= 11 is 17.5. The zero-order valence-corrected chi connectivity index (χ0v) is 28.1. The fourth-order valence-corrected chi connectivity index (χ4v) is 4.97. The lowest BCUT2D eigenvalue weighted by Crippen LogP contribution is -2.63. The number of halogens is 3. The molecule has 258 valence electrons. The van der Waals surface area contributed by atoms with Crippen molar-refractivity contribution in [2.75, 3.05) is 6.61 Å². The number of esters is 4. The van der Waals surface area contributed by atoms with Crippen LogP contribution in [-0.2, 0) is 28.4 Å². The van der Waals surface area contributed by atoms with E-state index < -0.39 is 70.9 Å². The Hall–Kier alpha value is -4.94. The first-order valence-electron chi connectivity index (χ1n) is 15.0. The first-order chi connectivity index (χ1) is 24.0. The van der Waals surface area contributed by atoms with Crippen LogP contribution in [0.1, 0.15) is 41.4 Å². The number of alkyl halides is 3. The van der Waals surface area contributed by atoms with E-state index in [0.29, 0.717) is 0 Å². The summed E-state index contributed by atoms with van der Waals surface area (Å²) in [6.45, 7) is -0.641. The highest BCUT2D eigenvalue weighted by molar-refractivity contribution is 6.76. The lowest BCUT2D eigenvalue weighted by Gasteiger charge is -2.44. The van der Waals surface area contributed by atoms with E-state index in [4.69, 9.17) is 68.6 Å². The average molecular weight is 741 g/mol. The Morgan fingerprint density at radius 1 is 0.540 bits per heavy atom. The zero-order valence-electron chi connectivity index (χ0n) is 25.9. The molecule has 1 fully saturated rings. The van der Waals surface area contributed by atoms with Crippen molar-refractivity contribution in [3.63, 3.8) is 0 Å². The van der Waals surface area contributed by atoms with Crippen molar-refractivity contribution in [3.05, 3.63) is 144 Å². The maximum atomic E-state index is 13.6. The smallest absolute Gasteiger partial charge is 0.340 e. The molecule has 1 aliphatic heterocycles. The number of nitrogens with one attached hydrogen (secondary N) is 1. The topological polar surface area (TPSA) is 148 Å². The van der Waals surface area contributed by atoms with Crippen LogP contribution in [0, 0.1) is 5.41 Å². The van der Waals surface area contributed by atoms with Gasteiger partial charge in [-0.25, -0.2) is 19.2 Å². The molecule has 0 bridgehead atoms. The van der Waals surface area contributed by atoms with Gasteiger partial charge in [0, 0.05) is 0 Å². The average Bonchev–Trinajstić information content (AvgIpc) is 3.13. The fourth-order valence-electron chi connectivity index (χ4n) is 4.80. The predicted molar refractivity (Wildman–Crippen MR) is 181 cm³/mol. The maximum Gasteiger partial charge on any atom is 0.340 e. The van der Waals surface area contributed by atoms with Crippen molar-refractivity contribution in [2.24, 2.45) is 0 Å². The molecule has 1 N–H and O–H groups in total. The Morgan fingerprint density at radius 2 is 0.880 bits per heavy atom. The number of benzene rings is 4. The minimum absolute atomic E-state index is 0.101. The third kappa shape index (κ3) is 9.39. The molecule has 0 aromatic heterocycles. The molecule has 1 aliphatic rings. The Balaban J connectivity index is 1.59. The number of hydrogen-bond donors (Lipinski definition) is 1. The maximum absolute atomic E-state index is 13.6. The summed E-state index contributed by atoms with van der Waals surface area (Å²) in [4.78, 5) is 54.0. The molecule has 5 atom stereocenters. The second-order valence-corrected chi connectivity index (χ2v) is 12.9. The van der Waals surface area contributed by atoms with Crippen molar-refractivity contribution < 1.29 is 47.6 Å². The molecule has 4 aromatic rings. The molecule has 0 spiro atoms. The lowest BCUT2D eigenvalue weighted by atomic mass is 9.97. The van der Waals surface area contributed by atoms with E-state index in [1.807, 2.05) is 0 Å². The van der Waals surface area contributed by atoms with Gasteiger partial charge in [-0.2, -0.15) is 0 Å². The highest BCUT2D eigenvalue weighted by Crippen LogP contribution is 2.33. The Morgan fingerprint density at radius 3 is 1.26 bits per heavy atom. The molecule has 50 heavy (non-hydrogen) atoms. The number of hydrogen-bond acceptors (Lipinski definition) is 11. The van der Waals surface area contributed by atoms with Gasteiger partial charge < -0.3 is 28.4 Å². The van der Waals surface area contributed by atoms with E-state index >= 15 is 0 Å². The van der Waals surface area contributed by atoms with Gasteiger partial charge in [0.15, 0.2) is 12.2 Å². The van der Waals surface area contributed by atoms with E-state index in [0.717, 1.165) is 0 Å². The van der Waals surface area contributed by atoms with Crippen LogP contribution in [-0.4, -0.2) is 70.9 Å². The van der Waals surface area contributed by atoms with Gasteiger partial charge in [-0.05, 0) is 48.5 Å². The molecular formula is C36H28Cl3NO10. The van der Waals surface area contributed by atoms with Gasteiger partial charge in [-0.3, -0.25) is 5.41 Å². The predicted octanol–water partition coefficient (Wildman–Crippen LogP) is 6.61. The molecule has 0 aliphatic carbocycles. The molecule has 0 unspecified atom stereocenters. The van der Waals surface area contributed by atoms with Gasteiger partial charge >= 0.3 is 23.9 Å². The molecule has 14 heteroatoms. The van der Waals surface area contributed by atoms with Crippen molar-refractivity contribution in [3.8, 4) is 0 Å². The Kier molecular flexibility index (Phi) is 12.1. The number of ether oxygens (including phenoxy) is 6. The van der Waals surface area contributed by atoms with Crippen LogP contribution < -0.4 is 0 Å². The molecule has 0 amide bonds. The van der Waals surface area contributed by atoms with Gasteiger partial charge in [0.2, 0.25) is 18.3 Å². The lowest BCUT2D eigenvalue weighted by molar-refractivity contribution is -0.282. The van der Waals surface area contributed by atoms with E-state index in [2.05, 4.69) is 0 Å². The minimum Gasteiger partial charge on any atom is -0.475 e. The third-order valence-corrected chi connectivity index (χ3v) is 7.75. The fraction of sp³-hybridized carbons (Fsp3) is 0.194. The molecule has 0 radical (unpaired) electrons. The first-order valence-corrected chi connectivity index (χ1v) is 16.1. The molecule has 5 rings (SSSR count). The quantitative estimate of drug-likeness (QED) is 0.0620. The molecule has 1 heterocycles. The van der Waals surface area contributed by atoms with Crippen LogP contribution in [0.3, 0.4) is 0 Å². The van der Waals surface area contributed by atoms with Crippen molar-refractivity contribution >= 4 is 64.6 Å². The van der Waals surface area contributed by atoms with Crippen LogP contribution in [0.5, 0.6) is 0 Å². The second kappa shape index (κ2) is 16.6. The highest BCUT2D eigenvalue weighted by Gasteiger charge is 2.55. The summed E-state index contributed by atoms with van der Waals surface area (Å²) in [5, 5.41) is 8.06. The molecular weight excluding hydrogens is 713 g/mol. The summed E-state index contributed by atoms with van der Waals surface area (Å²) in [6.07, 6.45) is -8.28. The summed E-state index contributed by atoms with van der Waals surface area (Å²) < 4.78 is 32.7. The number of carbonyl (C=O) groups excluding carboxylic acids is 4. The number of rotatable bonds is 10. The standard InChI is InChI=1S/C36H28Cl3NO10/c37-36(38,39)35(40)45-21-26-27(47-30(41)22-13-5-1-6-14-22)28(48-31(42)23-15-7-2-8-16-23)29(49-32(43)24-17-9-3-10-18-24)34(46-26)50-33(44)25-19-11-4-12-20-25/h1-20,26-29,34,40H,21H2/t26-,27+,28+,29-,34-/m1/s1. The van der Waals surface area contributed by atoms with Gasteiger partial charge in [-0.1, -0.05) is 108 Å². The largest absolute Gasteiger partial charge is 0.475 e. The Bertz CT molecular complexity index is 1790. The summed E-state index contributed by atoms with van der Waals surface area (Å²) in [7, 11) is 0. The number of carbonyl (C=O) groups is 4. The van der Waals surface area contributed by atoms with Gasteiger partial charge in [0.05, 0.1) is 22.3 Å². The van der Waals surface area contributed by atoms with E-state index in [1.165, 1.54) is 48.5 Å². The molecule has 11 nitrogen and oxygen atoms in total. The zero-order chi connectivity index (χ0) is 35.7. The van der Waals surface area contributed by atoms with Gasteiger partial charge in [-0.15, -0.1) is 0 Å². The van der Waals surface area contributed by atoms with E-state index in [1.54, 1.807) is 72.8 Å². The van der Waals surface area contributed by atoms with Crippen LogP contribution in [0.2, 0.25) is 0 Å². The van der Waals surface area contributed by atoms with Crippen LogP contribution in [0.25, 0.3) is 0 Å². The normalized spacial score (nSPS) is 20.1. The minimum atomic E-state index is -2.28. The SMILES string of the molecule is N=C(OC[C@H]1O[C@H](OC(=O)c2ccccc2)[C@H](OC(=O)c2ccccc2)[C@@H](OC(=O)c2ccccc2)[C@H]1OC(=O)c1ccccc1)C(Cl)(Cl)Cl. The van der Waals surface area contributed by atoms with Crippen molar-refractivity contribution in [2.45, 2.75) is 34.5 Å². The molecule has 0 saturated carbocycles. The molecule has 4 aromatic carbocycles. The van der Waals surface area contributed by atoms with Crippen molar-refractivity contribution in [1.29, 1.82) is 5.41 Å².